The number of carbonyl (C=O) groups is 1. The van der Waals surface area contributed by atoms with Crippen LogP contribution in [0.5, 0.6) is 0 Å². The molecule has 0 aliphatic carbocycles. The van der Waals surface area contributed by atoms with E-state index >= 15 is 0 Å². The first-order chi connectivity index (χ1) is 4.22. The Morgan fingerprint density at radius 2 is 2.56 bits per heavy atom. The zero-order valence-corrected chi connectivity index (χ0v) is 5.29. The Labute approximate surface area is 53.5 Å². The molecule has 0 saturated carbocycles. The lowest BCUT2D eigenvalue weighted by atomic mass is 10.5. The third-order valence-corrected chi connectivity index (χ3v) is 1.48. The molecule has 4 nitrogen and oxygen atoms in total. The molecule has 1 aliphatic rings. The van der Waals surface area contributed by atoms with Crippen molar-refractivity contribution in [2.24, 2.45) is 0 Å². The molecule has 1 unspecified atom stereocenters. The fourth-order valence-corrected chi connectivity index (χ4v) is 0.938. The van der Waals surface area contributed by atoms with Crippen LogP contribution in [0.15, 0.2) is 0 Å². The molecule has 0 aromatic rings. The molecule has 1 rings (SSSR count). The van der Waals surface area contributed by atoms with Gasteiger partial charge in [-0.2, -0.15) is 0 Å². The Bertz CT molecular complexity index is 126. The summed E-state index contributed by atoms with van der Waals surface area (Å²) in [4.78, 5) is 12.1. The van der Waals surface area contributed by atoms with Crippen LogP contribution in [0.25, 0.3) is 0 Å². The summed E-state index contributed by atoms with van der Waals surface area (Å²) in [6, 6.07) is 0. The van der Waals surface area contributed by atoms with Crippen LogP contribution in [-0.4, -0.2) is 42.3 Å². The summed E-state index contributed by atoms with van der Waals surface area (Å²) in [6.45, 7) is 1.59. The smallest absolute Gasteiger partial charge is 0.335 e. The molecule has 1 fully saturated rings. The molecule has 0 aromatic heterocycles. The normalized spacial score (nSPS) is 28.8. The van der Waals surface area contributed by atoms with Gasteiger partial charge in [-0.15, -0.1) is 0 Å². The van der Waals surface area contributed by atoms with Gasteiger partial charge in [-0.05, 0) is 7.05 Å². The Kier molecular flexibility index (Phi) is 1.68. The number of nitrogens with one attached hydrogen (secondary N) is 1. The number of hydrogen-bond acceptors (Lipinski definition) is 3. The van der Waals surface area contributed by atoms with Crippen LogP contribution in [0.4, 0.5) is 0 Å². The summed E-state index contributed by atoms with van der Waals surface area (Å²) in [5.74, 6) is -0.796. The van der Waals surface area contributed by atoms with E-state index in [1.165, 1.54) is 0 Å². The van der Waals surface area contributed by atoms with Crippen molar-refractivity contribution < 1.29 is 9.90 Å². The maximum Gasteiger partial charge on any atom is 0.335 e. The van der Waals surface area contributed by atoms with Crippen molar-refractivity contribution in [1.29, 1.82) is 0 Å². The van der Waals surface area contributed by atoms with E-state index in [1.807, 2.05) is 0 Å². The maximum atomic E-state index is 10.3. The lowest BCUT2D eigenvalue weighted by Crippen LogP contribution is -2.40. The van der Waals surface area contributed by atoms with Gasteiger partial charge in [0.15, 0.2) is 6.17 Å². The van der Waals surface area contributed by atoms with Crippen molar-refractivity contribution in [3.05, 3.63) is 0 Å². The summed E-state index contributed by atoms with van der Waals surface area (Å²) >= 11 is 0. The summed E-state index contributed by atoms with van der Waals surface area (Å²) < 4.78 is 0. The summed E-state index contributed by atoms with van der Waals surface area (Å²) in [5.41, 5.74) is 0. The Morgan fingerprint density at radius 3 is 2.78 bits per heavy atom. The molecule has 9 heavy (non-hydrogen) atoms. The largest absolute Gasteiger partial charge is 0.479 e. The minimum atomic E-state index is -0.796. The second-order valence-electron chi connectivity index (χ2n) is 2.18. The predicted molar refractivity (Wildman–Crippen MR) is 32.1 cm³/mol. The van der Waals surface area contributed by atoms with Crippen molar-refractivity contribution in [2.45, 2.75) is 6.17 Å². The highest BCUT2D eigenvalue weighted by Crippen LogP contribution is 1.97. The highest BCUT2D eigenvalue weighted by Gasteiger charge is 2.25. The maximum absolute atomic E-state index is 10.3. The van der Waals surface area contributed by atoms with E-state index in [-0.39, 0.29) is 0 Å². The van der Waals surface area contributed by atoms with Crippen LogP contribution in [0, 0.1) is 0 Å². The lowest BCUT2D eigenvalue weighted by Gasteiger charge is -2.12. The number of carboxylic acid groups (broad SMARTS) is 1. The number of aliphatic carboxylic acids is 1. The van der Waals surface area contributed by atoms with Crippen molar-refractivity contribution in [2.75, 3.05) is 20.1 Å². The summed E-state index contributed by atoms with van der Waals surface area (Å²) in [5, 5.41) is 11.3. The molecule has 4 heteroatoms. The third kappa shape index (κ3) is 1.20. The monoisotopic (exact) mass is 130 g/mol. The van der Waals surface area contributed by atoms with E-state index in [1.54, 1.807) is 11.9 Å². The Hall–Kier alpha value is -0.610. The standard InChI is InChI=1S/C5H10N2O2/c1-7-3-2-6-4(7)5(8)9/h4,6H,2-3H2,1H3,(H,8,9). The molecular weight excluding hydrogens is 120 g/mol. The molecule has 52 valence electrons. The third-order valence-electron chi connectivity index (χ3n) is 1.48. The van der Waals surface area contributed by atoms with Gasteiger partial charge in [-0.3, -0.25) is 10.2 Å². The van der Waals surface area contributed by atoms with Gasteiger partial charge in [0.2, 0.25) is 0 Å². The number of rotatable bonds is 1. The van der Waals surface area contributed by atoms with E-state index in [4.69, 9.17) is 5.11 Å². The molecule has 1 saturated heterocycles. The molecule has 0 amide bonds. The van der Waals surface area contributed by atoms with Crippen molar-refractivity contribution in [3.8, 4) is 0 Å². The molecule has 1 aliphatic heterocycles. The molecule has 2 N–H and O–H groups in total. The molecule has 0 spiro atoms. The highest BCUT2D eigenvalue weighted by molar-refractivity contribution is 5.73. The SMILES string of the molecule is CN1CCNC1C(=O)O. The lowest BCUT2D eigenvalue weighted by molar-refractivity contribution is -0.142. The Balaban J connectivity index is 2.49. The van der Waals surface area contributed by atoms with Gasteiger partial charge < -0.3 is 5.11 Å². The molecule has 1 atom stereocenters. The van der Waals surface area contributed by atoms with Gasteiger partial charge in [-0.25, -0.2) is 4.79 Å². The van der Waals surface area contributed by atoms with E-state index in [2.05, 4.69) is 5.32 Å². The molecule has 0 aromatic carbocycles. The average molecular weight is 130 g/mol. The fraction of sp³-hybridized carbons (Fsp3) is 0.800. The first-order valence-electron chi connectivity index (χ1n) is 2.88. The molecule has 1 heterocycles. The van der Waals surface area contributed by atoms with E-state index in [9.17, 15) is 4.79 Å². The van der Waals surface area contributed by atoms with Crippen LogP contribution < -0.4 is 5.32 Å². The van der Waals surface area contributed by atoms with Crippen LogP contribution in [-0.2, 0) is 4.79 Å². The Morgan fingerprint density at radius 1 is 1.89 bits per heavy atom. The summed E-state index contributed by atoms with van der Waals surface area (Å²) in [7, 11) is 1.79. The highest BCUT2D eigenvalue weighted by atomic mass is 16.4. The zero-order valence-electron chi connectivity index (χ0n) is 5.29. The van der Waals surface area contributed by atoms with Crippen molar-refractivity contribution in [3.63, 3.8) is 0 Å². The van der Waals surface area contributed by atoms with Gasteiger partial charge in [0.1, 0.15) is 0 Å². The fourth-order valence-electron chi connectivity index (χ4n) is 0.938. The van der Waals surface area contributed by atoms with E-state index in [0.717, 1.165) is 13.1 Å². The van der Waals surface area contributed by atoms with Crippen LogP contribution in [0.3, 0.4) is 0 Å². The van der Waals surface area contributed by atoms with E-state index < -0.39 is 12.1 Å². The predicted octanol–water partition coefficient (Wildman–Crippen LogP) is -1.07. The van der Waals surface area contributed by atoms with Crippen molar-refractivity contribution >= 4 is 5.97 Å². The van der Waals surface area contributed by atoms with Gasteiger partial charge in [0.05, 0.1) is 0 Å². The second kappa shape index (κ2) is 2.33. The quantitative estimate of drug-likeness (QED) is 0.474. The van der Waals surface area contributed by atoms with Crippen LogP contribution in [0.1, 0.15) is 0 Å². The van der Waals surface area contributed by atoms with Crippen molar-refractivity contribution in [1.82, 2.24) is 10.2 Å². The number of nitrogens with zero attached hydrogens (tertiary/aromatic N) is 1. The van der Waals surface area contributed by atoms with Crippen LogP contribution >= 0.6 is 0 Å². The van der Waals surface area contributed by atoms with Gasteiger partial charge in [-0.1, -0.05) is 0 Å². The number of likely N-dealkylation sites (N-methyl/N-ethyl adjacent to an activating group) is 1. The minimum Gasteiger partial charge on any atom is -0.479 e. The van der Waals surface area contributed by atoms with Gasteiger partial charge in [0.25, 0.3) is 0 Å². The summed E-state index contributed by atoms with van der Waals surface area (Å²) in [6.07, 6.45) is -0.468. The van der Waals surface area contributed by atoms with Crippen LogP contribution in [0.2, 0.25) is 0 Å². The van der Waals surface area contributed by atoms with Gasteiger partial charge in [0, 0.05) is 13.1 Å². The topological polar surface area (TPSA) is 52.6 Å². The molecular formula is C5H10N2O2. The number of hydrogen-bond donors (Lipinski definition) is 2. The first-order valence-corrected chi connectivity index (χ1v) is 2.88. The first kappa shape index (κ1) is 6.51. The second-order valence-corrected chi connectivity index (χ2v) is 2.18. The molecule has 0 radical (unpaired) electrons. The van der Waals surface area contributed by atoms with Gasteiger partial charge >= 0.3 is 5.97 Å². The molecule has 0 bridgehead atoms. The average Bonchev–Trinajstić information content (AvgIpc) is 2.13. The zero-order chi connectivity index (χ0) is 6.85. The number of carboxylic acids is 1. The minimum absolute atomic E-state index is 0.468. The van der Waals surface area contributed by atoms with E-state index in [0.29, 0.717) is 0 Å².